The molecule has 0 atom stereocenters. The molecule has 1 spiro atoms. The van der Waals surface area contributed by atoms with Gasteiger partial charge in [-0.15, -0.1) is 0 Å². The van der Waals surface area contributed by atoms with E-state index in [1.54, 1.807) is 11.1 Å². The lowest BCUT2D eigenvalue weighted by molar-refractivity contribution is 0.0135. The van der Waals surface area contributed by atoms with E-state index < -0.39 is 0 Å². The van der Waals surface area contributed by atoms with Gasteiger partial charge in [0.1, 0.15) is 0 Å². The van der Waals surface area contributed by atoms with Crippen molar-refractivity contribution in [3.05, 3.63) is 47.7 Å². The molecule has 0 amide bonds. The Morgan fingerprint density at radius 3 is 2.40 bits per heavy atom. The molecule has 3 rings (SSSR count). The molecule has 0 N–H and O–H groups in total. The SMILES string of the molecule is C=C(CN1CCC2(CC1)c1ccccc1CCN2CC)N(CC)CC. The van der Waals surface area contributed by atoms with Crippen molar-refractivity contribution >= 4 is 0 Å². The molecule has 0 unspecified atom stereocenters. The lowest BCUT2D eigenvalue weighted by Crippen LogP contribution is -2.56. The van der Waals surface area contributed by atoms with Gasteiger partial charge in [0.25, 0.3) is 0 Å². The molecule has 2 aliphatic heterocycles. The third-order valence-corrected chi connectivity index (χ3v) is 6.46. The van der Waals surface area contributed by atoms with Gasteiger partial charge >= 0.3 is 0 Å². The Kier molecular flexibility index (Phi) is 5.85. The van der Waals surface area contributed by atoms with Crippen LogP contribution in [-0.4, -0.2) is 60.5 Å². The maximum absolute atomic E-state index is 4.34. The largest absolute Gasteiger partial charge is 0.375 e. The highest BCUT2D eigenvalue weighted by Gasteiger charge is 2.43. The Bertz CT molecular complexity index is 583. The van der Waals surface area contributed by atoms with E-state index in [4.69, 9.17) is 0 Å². The number of hydrogen-bond acceptors (Lipinski definition) is 3. The number of nitrogens with zero attached hydrogens (tertiary/aromatic N) is 3. The molecule has 0 bridgehead atoms. The van der Waals surface area contributed by atoms with Gasteiger partial charge in [-0.05, 0) is 50.8 Å². The molecule has 138 valence electrons. The Hall–Kier alpha value is -1.32. The highest BCUT2D eigenvalue weighted by atomic mass is 15.3. The second-order valence-corrected chi connectivity index (χ2v) is 7.53. The van der Waals surface area contributed by atoms with Gasteiger partial charge in [-0.3, -0.25) is 9.80 Å². The van der Waals surface area contributed by atoms with Crippen molar-refractivity contribution in [3.63, 3.8) is 0 Å². The first-order valence-electron chi connectivity index (χ1n) is 10.1. The molecule has 0 radical (unpaired) electrons. The van der Waals surface area contributed by atoms with Crippen LogP contribution in [0.5, 0.6) is 0 Å². The molecule has 2 heterocycles. The molecule has 0 saturated carbocycles. The first-order chi connectivity index (χ1) is 12.1. The molecule has 2 aliphatic rings. The van der Waals surface area contributed by atoms with E-state index in [0.717, 1.165) is 26.2 Å². The highest BCUT2D eigenvalue weighted by molar-refractivity contribution is 5.37. The van der Waals surface area contributed by atoms with Crippen LogP contribution in [0.15, 0.2) is 36.5 Å². The Balaban J connectivity index is 1.72. The predicted molar refractivity (Wildman–Crippen MR) is 107 cm³/mol. The van der Waals surface area contributed by atoms with Crippen molar-refractivity contribution in [2.45, 2.75) is 45.6 Å². The van der Waals surface area contributed by atoms with Crippen LogP contribution in [-0.2, 0) is 12.0 Å². The lowest BCUT2D eigenvalue weighted by atomic mass is 9.74. The van der Waals surface area contributed by atoms with Gasteiger partial charge in [-0.2, -0.15) is 0 Å². The number of likely N-dealkylation sites (N-methyl/N-ethyl adjacent to an activating group) is 2. The van der Waals surface area contributed by atoms with Crippen LogP contribution in [0.1, 0.15) is 44.7 Å². The summed E-state index contributed by atoms with van der Waals surface area (Å²) in [6.45, 7) is 18.9. The molecule has 1 aromatic rings. The first-order valence-corrected chi connectivity index (χ1v) is 10.1. The molecule has 3 heteroatoms. The number of likely N-dealkylation sites (tertiary alicyclic amines) is 1. The summed E-state index contributed by atoms with van der Waals surface area (Å²) in [6, 6.07) is 9.17. The van der Waals surface area contributed by atoms with Crippen molar-refractivity contribution in [3.8, 4) is 0 Å². The summed E-state index contributed by atoms with van der Waals surface area (Å²) in [5.74, 6) is 0. The van der Waals surface area contributed by atoms with Gasteiger partial charge < -0.3 is 4.90 Å². The highest BCUT2D eigenvalue weighted by Crippen LogP contribution is 2.43. The lowest BCUT2D eigenvalue weighted by Gasteiger charge is -2.52. The van der Waals surface area contributed by atoms with E-state index in [2.05, 4.69) is 66.3 Å². The van der Waals surface area contributed by atoms with Gasteiger partial charge in [0, 0.05) is 50.5 Å². The van der Waals surface area contributed by atoms with Gasteiger partial charge in [-0.25, -0.2) is 0 Å². The summed E-state index contributed by atoms with van der Waals surface area (Å²) < 4.78 is 0. The number of hydrogen-bond donors (Lipinski definition) is 0. The molecular weight excluding hydrogens is 306 g/mol. The predicted octanol–water partition coefficient (Wildman–Crippen LogP) is 3.71. The van der Waals surface area contributed by atoms with Crippen LogP contribution < -0.4 is 0 Å². The molecule has 1 fully saturated rings. The van der Waals surface area contributed by atoms with Crippen molar-refractivity contribution in [2.75, 3.05) is 45.8 Å². The number of fused-ring (bicyclic) bond motifs is 2. The van der Waals surface area contributed by atoms with E-state index in [9.17, 15) is 0 Å². The minimum Gasteiger partial charge on any atom is -0.375 e. The third kappa shape index (κ3) is 3.50. The smallest absolute Gasteiger partial charge is 0.0487 e. The minimum atomic E-state index is 0.261. The van der Waals surface area contributed by atoms with Crippen LogP contribution in [0.3, 0.4) is 0 Å². The summed E-state index contributed by atoms with van der Waals surface area (Å²) in [5, 5.41) is 0. The fourth-order valence-electron chi connectivity index (χ4n) is 4.99. The van der Waals surface area contributed by atoms with E-state index in [-0.39, 0.29) is 5.54 Å². The zero-order valence-electron chi connectivity index (χ0n) is 16.4. The van der Waals surface area contributed by atoms with Crippen LogP contribution in [0.2, 0.25) is 0 Å². The van der Waals surface area contributed by atoms with Crippen LogP contribution >= 0.6 is 0 Å². The molecule has 3 nitrogen and oxygen atoms in total. The normalized spacial score (nSPS) is 20.4. The summed E-state index contributed by atoms with van der Waals surface area (Å²) in [5.41, 5.74) is 4.72. The quantitative estimate of drug-likeness (QED) is 0.781. The monoisotopic (exact) mass is 341 g/mol. The average Bonchev–Trinajstić information content (AvgIpc) is 2.65. The van der Waals surface area contributed by atoms with Crippen LogP contribution in [0.4, 0.5) is 0 Å². The van der Waals surface area contributed by atoms with E-state index >= 15 is 0 Å². The fourth-order valence-corrected chi connectivity index (χ4v) is 4.99. The van der Waals surface area contributed by atoms with E-state index in [1.165, 1.54) is 44.6 Å². The Morgan fingerprint density at radius 2 is 1.76 bits per heavy atom. The third-order valence-electron chi connectivity index (χ3n) is 6.46. The van der Waals surface area contributed by atoms with Gasteiger partial charge in [-0.1, -0.05) is 37.8 Å². The Morgan fingerprint density at radius 1 is 1.08 bits per heavy atom. The zero-order valence-corrected chi connectivity index (χ0v) is 16.4. The van der Waals surface area contributed by atoms with Gasteiger partial charge in [0.2, 0.25) is 0 Å². The molecular formula is C22H35N3. The van der Waals surface area contributed by atoms with Crippen LogP contribution in [0, 0.1) is 0 Å². The van der Waals surface area contributed by atoms with Gasteiger partial charge in [0.05, 0.1) is 0 Å². The van der Waals surface area contributed by atoms with Crippen molar-refractivity contribution in [2.24, 2.45) is 0 Å². The van der Waals surface area contributed by atoms with E-state index in [1.807, 2.05) is 0 Å². The van der Waals surface area contributed by atoms with Crippen molar-refractivity contribution in [1.82, 2.24) is 14.7 Å². The standard InChI is InChI=1S/C22H35N3/c1-5-24(6-2)19(4)18-23-16-13-22(14-17-23)21-11-9-8-10-20(21)12-15-25(22)7-3/h8-11H,4-7,12-18H2,1-3H3. The average molecular weight is 342 g/mol. The minimum absolute atomic E-state index is 0.261. The second kappa shape index (κ2) is 7.92. The number of rotatable bonds is 6. The molecule has 0 aliphatic carbocycles. The van der Waals surface area contributed by atoms with E-state index in [0.29, 0.717) is 0 Å². The number of benzene rings is 1. The zero-order chi connectivity index (χ0) is 17.9. The molecule has 0 aromatic heterocycles. The summed E-state index contributed by atoms with van der Waals surface area (Å²) in [7, 11) is 0. The summed E-state index contributed by atoms with van der Waals surface area (Å²) in [6.07, 6.45) is 3.68. The van der Waals surface area contributed by atoms with Gasteiger partial charge in [0.15, 0.2) is 0 Å². The molecule has 1 saturated heterocycles. The summed E-state index contributed by atoms with van der Waals surface area (Å²) >= 11 is 0. The fraction of sp³-hybridized carbons (Fsp3) is 0.636. The van der Waals surface area contributed by atoms with Crippen molar-refractivity contribution in [1.29, 1.82) is 0 Å². The molecule has 25 heavy (non-hydrogen) atoms. The molecule has 1 aromatic carbocycles. The van der Waals surface area contributed by atoms with Crippen molar-refractivity contribution < 1.29 is 0 Å². The maximum atomic E-state index is 4.34. The number of piperidine rings is 1. The topological polar surface area (TPSA) is 9.72 Å². The summed E-state index contributed by atoms with van der Waals surface area (Å²) in [4.78, 5) is 7.74. The second-order valence-electron chi connectivity index (χ2n) is 7.53. The first kappa shape index (κ1) is 18.5. The maximum Gasteiger partial charge on any atom is 0.0487 e. The Labute approximate surface area is 154 Å². The van der Waals surface area contributed by atoms with Crippen LogP contribution in [0.25, 0.3) is 0 Å².